The molecule has 1 N–H and O–H groups in total. The Morgan fingerprint density at radius 3 is 2.00 bits per heavy atom. The largest absolute Gasteiger partial charge is 0.491 e. The van der Waals surface area contributed by atoms with E-state index in [1.807, 2.05) is 72.7 Å². The van der Waals surface area contributed by atoms with Crippen LogP contribution >= 0.6 is 0 Å². The molecule has 3 aromatic carbocycles. The second-order valence-electron chi connectivity index (χ2n) is 16.0. The van der Waals surface area contributed by atoms with Gasteiger partial charge in [0.15, 0.2) is 17.0 Å². The maximum atomic E-state index is 14.2. The zero-order valence-corrected chi connectivity index (χ0v) is 32.3. The number of nitrogens with zero attached hydrogens (tertiary/aromatic N) is 1. The minimum Gasteiger partial charge on any atom is -0.491 e. The van der Waals surface area contributed by atoms with Crippen LogP contribution in [-0.2, 0) is 44.6 Å². The molecule has 0 spiro atoms. The van der Waals surface area contributed by atoms with Gasteiger partial charge in [-0.05, 0) is 96.7 Å². The topological polar surface area (TPSA) is 148 Å². The van der Waals surface area contributed by atoms with Crippen molar-refractivity contribution < 1.29 is 47.5 Å². The summed E-state index contributed by atoms with van der Waals surface area (Å²) >= 11 is 0. The van der Waals surface area contributed by atoms with Gasteiger partial charge < -0.3 is 43.4 Å². The second-order valence-corrected chi connectivity index (χ2v) is 16.0. The van der Waals surface area contributed by atoms with Gasteiger partial charge in [0, 0.05) is 48.6 Å². The van der Waals surface area contributed by atoms with Crippen LogP contribution in [0.2, 0.25) is 0 Å². The molecule has 3 aliphatic rings. The molecule has 13 nitrogen and oxygen atoms in total. The molecule has 2 amide bonds. The van der Waals surface area contributed by atoms with Gasteiger partial charge >= 0.3 is 5.97 Å². The summed E-state index contributed by atoms with van der Waals surface area (Å²) < 4.78 is 40.7. The van der Waals surface area contributed by atoms with Gasteiger partial charge in [-0.25, -0.2) is 0 Å². The summed E-state index contributed by atoms with van der Waals surface area (Å²) in [6, 6.07) is 10.9. The molecule has 13 heteroatoms. The fourth-order valence-corrected chi connectivity index (χ4v) is 6.78. The van der Waals surface area contributed by atoms with Crippen molar-refractivity contribution in [1.82, 2.24) is 5.32 Å². The molecule has 0 radical (unpaired) electrons. The number of esters is 1. The summed E-state index contributed by atoms with van der Waals surface area (Å²) in [6.45, 7) is 14.6. The lowest BCUT2D eigenvalue weighted by molar-refractivity contribution is -0.155. The van der Waals surface area contributed by atoms with Gasteiger partial charge in [-0.1, -0.05) is 6.07 Å². The summed E-state index contributed by atoms with van der Waals surface area (Å²) in [4.78, 5) is 53.9. The number of fused-ring (bicyclic) bond motifs is 5. The molecule has 0 unspecified atom stereocenters. The molecule has 2 saturated heterocycles. The zero-order valence-electron chi connectivity index (χ0n) is 32.3. The highest BCUT2D eigenvalue weighted by Gasteiger charge is 2.37. The summed E-state index contributed by atoms with van der Waals surface area (Å²) in [6.07, 6.45) is 0.667. The van der Waals surface area contributed by atoms with Gasteiger partial charge in [0.25, 0.3) is 0 Å². The minimum absolute atomic E-state index is 0.0741. The number of carbonyl (C=O) groups excluding carboxylic acids is 3. The van der Waals surface area contributed by atoms with Crippen LogP contribution in [0.1, 0.15) is 86.1 Å². The molecule has 2 atom stereocenters. The second kappa shape index (κ2) is 15.8. The van der Waals surface area contributed by atoms with Gasteiger partial charge in [-0.3, -0.25) is 19.2 Å². The lowest BCUT2D eigenvalue weighted by Gasteiger charge is -2.28. The van der Waals surface area contributed by atoms with E-state index in [0.717, 1.165) is 11.1 Å². The van der Waals surface area contributed by atoms with Crippen LogP contribution in [0.4, 0.5) is 5.69 Å². The van der Waals surface area contributed by atoms with Crippen molar-refractivity contribution in [2.45, 2.75) is 116 Å². The molecule has 2 fully saturated rings. The van der Waals surface area contributed by atoms with E-state index in [2.05, 4.69) is 5.32 Å². The predicted molar refractivity (Wildman–Crippen MR) is 200 cm³/mol. The predicted octanol–water partition coefficient (Wildman–Crippen LogP) is 5.57. The summed E-state index contributed by atoms with van der Waals surface area (Å²) in [7, 11) is 0. The first-order valence-electron chi connectivity index (χ1n) is 18.7. The number of anilines is 1. The third-order valence-electron chi connectivity index (χ3n) is 9.25. The maximum Gasteiger partial charge on any atom is 0.306 e. The number of ether oxygens (including phenoxy) is 7. The van der Waals surface area contributed by atoms with E-state index < -0.39 is 17.2 Å². The Labute approximate surface area is 316 Å². The fourth-order valence-electron chi connectivity index (χ4n) is 6.78. The number of hydrogen-bond donors (Lipinski definition) is 1. The number of amides is 2. The molecule has 6 rings (SSSR count). The lowest BCUT2D eigenvalue weighted by atomic mass is 9.98. The normalized spacial score (nSPS) is 20.0. The van der Waals surface area contributed by atoms with Crippen LogP contribution < -0.4 is 25.1 Å². The first-order chi connectivity index (χ1) is 25.5. The van der Waals surface area contributed by atoms with Gasteiger partial charge in [0.2, 0.25) is 11.8 Å². The van der Waals surface area contributed by atoms with Crippen LogP contribution in [0.15, 0.2) is 41.2 Å². The van der Waals surface area contributed by atoms with Crippen LogP contribution in [0.3, 0.4) is 0 Å². The molecular formula is C41H52N2O11. The summed E-state index contributed by atoms with van der Waals surface area (Å²) in [5.41, 5.74) is 3.23. The average Bonchev–Trinajstić information content (AvgIpc) is 3.38. The molecule has 0 aliphatic carbocycles. The van der Waals surface area contributed by atoms with Crippen molar-refractivity contribution in [3.8, 4) is 33.8 Å². The molecule has 0 aromatic heterocycles. The molecule has 3 heterocycles. The number of carbonyl (C=O) groups is 3. The van der Waals surface area contributed by atoms with E-state index in [-0.39, 0.29) is 74.4 Å². The number of nitrogens with one attached hydrogen (secondary N) is 1. The molecule has 0 bridgehead atoms. The van der Waals surface area contributed by atoms with Crippen molar-refractivity contribution >= 4 is 23.5 Å². The quantitative estimate of drug-likeness (QED) is 0.163. The molecule has 292 valence electrons. The first kappa shape index (κ1) is 39.4. The van der Waals surface area contributed by atoms with E-state index in [0.29, 0.717) is 66.5 Å². The van der Waals surface area contributed by atoms with Crippen LogP contribution in [0.25, 0.3) is 22.3 Å². The first-order valence-corrected chi connectivity index (χ1v) is 18.7. The highest BCUT2D eigenvalue weighted by atomic mass is 16.8. The van der Waals surface area contributed by atoms with Gasteiger partial charge in [0.1, 0.15) is 42.5 Å². The minimum atomic E-state index is -0.695. The van der Waals surface area contributed by atoms with E-state index in [4.69, 9.17) is 33.2 Å². The Hall–Kier alpha value is -4.30. The molecule has 3 aromatic rings. The Morgan fingerprint density at radius 1 is 0.815 bits per heavy atom. The Bertz CT molecular complexity index is 1870. The third-order valence-corrected chi connectivity index (χ3v) is 9.25. The van der Waals surface area contributed by atoms with E-state index in [1.165, 1.54) is 0 Å². The van der Waals surface area contributed by atoms with Crippen LogP contribution in [-0.4, -0.2) is 80.1 Å². The summed E-state index contributed by atoms with van der Waals surface area (Å²) in [5.74, 6) is -1.01. The SMILES string of the molecule is CC(C)(C)OC(=O)CCCNC(=O)CCCC(=O)N1Cc2cc(OC[C@@H]3COC(C)(C)O3)ccc2-c2c(c2=O)-c2ccc(OC[C@@H]3COC(C)(C)O3)cc21. The monoisotopic (exact) mass is 748 g/mol. The highest BCUT2D eigenvalue weighted by molar-refractivity contribution is 6.05. The smallest absolute Gasteiger partial charge is 0.306 e. The van der Waals surface area contributed by atoms with Crippen molar-refractivity contribution in [1.29, 1.82) is 0 Å². The zero-order chi connectivity index (χ0) is 38.8. The molecule has 0 saturated carbocycles. The average molecular weight is 749 g/mol. The third kappa shape index (κ3) is 10.1. The van der Waals surface area contributed by atoms with Crippen molar-refractivity contribution in [2.75, 3.05) is 37.9 Å². The van der Waals surface area contributed by atoms with Gasteiger partial charge in [-0.2, -0.15) is 0 Å². The van der Waals surface area contributed by atoms with Crippen molar-refractivity contribution in [3.05, 3.63) is 52.2 Å². The van der Waals surface area contributed by atoms with E-state index in [1.54, 1.807) is 17.0 Å². The van der Waals surface area contributed by atoms with Crippen molar-refractivity contribution in [2.24, 2.45) is 0 Å². The van der Waals surface area contributed by atoms with E-state index in [9.17, 15) is 19.2 Å². The Morgan fingerprint density at radius 2 is 1.41 bits per heavy atom. The number of rotatable bonds is 14. The Balaban J connectivity index is 1.17. The standard InChI is InChI=1S/C41H52N2O11/c1-39(2,3)54-35(46)12-9-17-42-33(44)10-8-11-34(45)43-20-25-18-26(48-21-28-23-50-40(4,5)52-28)13-15-30(25)36-37(38(36)47)31-16-14-27(19-32(31)43)49-22-29-24-51-41(6,7)53-29/h13-16,18-19,28-29H,8-12,17,20-24H2,1-7H3,(H,42,44)/t28-,29-/m1/s1. The number of hydrogen-bond acceptors (Lipinski definition) is 11. The van der Waals surface area contributed by atoms with E-state index >= 15 is 0 Å². The maximum absolute atomic E-state index is 14.2. The fraction of sp³-hybridized carbons (Fsp3) is 0.561. The summed E-state index contributed by atoms with van der Waals surface area (Å²) in [5, 5.41) is 2.83. The van der Waals surface area contributed by atoms with Crippen LogP contribution in [0, 0.1) is 0 Å². The molecular weight excluding hydrogens is 696 g/mol. The number of benzene rings is 2. The molecule has 3 aliphatic heterocycles. The highest BCUT2D eigenvalue weighted by Crippen LogP contribution is 2.46. The van der Waals surface area contributed by atoms with Gasteiger partial charge in [0.05, 0.1) is 25.4 Å². The Kier molecular flexibility index (Phi) is 11.5. The van der Waals surface area contributed by atoms with Crippen molar-refractivity contribution in [3.63, 3.8) is 0 Å². The lowest BCUT2D eigenvalue weighted by Crippen LogP contribution is -2.32. The molecule has 54 heavy (non-hydrogen) atoms. The van der Waals surface area contributed by atoms with Crippen LogP contribution in [0.5, 0.6) is 11.5 Å². The van der Waals surface area contributed by atoms with Gasteiger partial charge in [-0.15, -0.1) is 0 Å².